The second-order valence-corrected chi connectivity index (χ2v) is 4.94. The van der Waals surface area contributed by atoms with E-state index in [-0.39, 0.29) is 5.82 Å². The molecule has 0 atom stereocenters. The summed E-state index contributed by atoms with van der Waals surface area (Å²) in [5, 5.41) is 0. The van der Waals surface area contributed by atoms with Crippen molar-refractivity contribution in [3.05, 3.63) is 65.5 Å². The van der Waals surface area contributed by atoms with Crippen LogP contribution in [0.3, 0.4) is 0 Å². The topological polar surface area (TPSA) is 38.5 Å². The molecule has 0 saturated carbocycles. The van der Waals surface area contributed by atoms with Gasteiger partial charge in [-0.3, -0.25) is 4.90 Å². The Morgan fingerprint density at radius 3 is 2.48 bits per heavy atom. The highest BCUT2D eigenvalue weighted by Gasteiger charge is 2.10. The van der Waals surface area contributed by atoms with E-state index in [4.69, 9.17) is 10.5 Å². The maximum Gasteiger partial charge on any atom is 0.131 e. The SMILES string of the molecule is COc1ccc(CN(CCN)Cc2ccccc2)c(F)c1. The molecule has 3 nitrogen and oxygen atoms in total. The molecule has 0 aliphatic carbocycles. The van der Waals surface area contributed by atoms with E-state index in [2.05, 4.69) is 17.0 Å². The first kappa shape index (κ1) is 15.5. The van der Waals surface area contributed by atoms with Crippen molar-refractivity contribution in [2.75, 3.05) is 20.2 Å². The maximum atomic E-state index is 14.0. The van der Waals surface area contributed by atoms with Crippen LogP contribution in [0.25, 0.3) is 0 Å². The molecule has 0 unspecified atom stereocenters. The van der Waals surface area contributed by atoms with Crippen LogP contribution in [0.1, 0.15) is 11.1 Å². The van der Waals surface area contributed by atoms with Crippen LogP contribution >= 0.6 is 0 Å². The molecule has 0 aromatic heterocycles. The smallest absolute Gasteiger partial charge is 0.131 e. The van der Waals surface area contributed by atoms with Gasteiger partial charge in [-0.25, -0.2) is 4.39 Å². The van der Waals surface area contributed by atoms with Crippen LogP contribution in [-0.4, -0.2) is 25.1 Å². The van der Waals surface area contributed by atoms with Crippen molar-refractivity contribution in [3.63, 3.8) is 0 Å². The summed E-state index contributed by atoms with van der Waals surface area (Å²) < 4.78 is 19.1. The maximum absolute atomic E-state index is 14.0. The minimum Gasteiger partial charge on any atom is -0.497 e. The Bertz CT molecular complexity index is 560. The predicted octanol–water partition coefficient (Wildman–Crippen LogP) is 2.80. The second-order valence-electron chi connectivity index (χ2n) is 4.94. The highest BCUT2D eigenvalue weighted by atomic mass is 19.1. The lowest BCUT2D eigenvalue weighted by atomic mass is 10.1. The van der Waals surface area contributed by atoms with Gasteiger partial charge in [0.15, 0.2) is 0 Å². The molecular weight excluding hydrogens is 267 g/mol. The number of methoxy groups -OCH3 is 1. The molecule has 0 aliphatic heterocycles. The normalized spacial score (nSPS) is 10.9. The standard InChI is InChI=1S/C17H21FN2O/c1-21-16-8-7-15(17(18)11-16)13-20(10-9-19)12-14-5-3-2-4-6-14/h2-8,11H,9-10,12-13,19H2,1H3. The van der Waals surface area contributed by atoms with E-state index >= 15 is 0 Å². The number of hydrogen-bond donors (Lipinski definition) is 1. The van der Waals surface area contributed by atoms with Gasteiger partial charge in [0.2, 0.25) is 0 Å². The van der Waals surface area contributed by atoms with Crippen molar-refractivity contribution >= 4 is 0 Å². The lowest BCUT2D eigenvalue weighted by molar-refractivity contribution is 0.260. The van der Waals surface area contributed by atoms with Gasteiger partial charge in [-0.1, -0.05) is 36.4 Å². The van der Waals surface area contributed by atoms with E-state index in [1.807, 2.05) is 18.2 Å². The van der Waals surface area contributed by atoms with Crippen LogP contribution in [0.5, 0.6) is 5.75 Å². The molecule has 21 heavy (non-hydrogen) atoms. The van der Waals surface area contributed by atoms with Gasteiger partial charge in [0.1, 0.15) is 11.6 Å². The van der Waals surface area contributed by atoms with Crippen molar-refractivity contribution in [3.8, 4) is 5.75 Å². The number of halogens is 1. The van der Waals surface area contributed by atoms with E-state index < -0.39 is 0 Å². The Morgan fingerprint density at radius 2 is 1.86 bits per heavy atom. The van der Waals surface area contributed by atoms with E-state index in [1.54, 1.807) is 12.1 Å². The van der Waals surface area contributed by atoms with Crippen LogP contribution in [0.4, 0.5) is 4.39 Å². The molecule has 0 bridgehead atoms. The molecule has 0 radical (unpaired) electrons. The van der Waals surface area contributed by atoms with Gasteiger partial charge in [-0.2, -0.15) is 0 Å². The fourth-order valence-electron chi connectivity index (χ4n) is 2.26. The third-order valence-electron chi connectivity index (χ3n) is 3.35. The molecule has 0 spiro atoms. The summed E-state index contributed by atoms with van der Waals surface area (Å²) >= 11 is 0. The van der Waals surface area contributed by atoms with Gasteiger partial charge in [0.05, 0.1) is 7.11 Å². The zero-order valence-electron chi connectivity index (χ0n) is 12.3. The third-order valence-corrected chi connectivity index (χ3v) is 3.35. The average Bonchev–Trinajstić information content (AvgIpc) is 2.50. The third kappa shape index (κ3) is 4.55. The van der Waals surface area contributed by atoms with Gasteiger partial charge >= 0.3 is 0 Å². The van der Waals surface area contributed by atoms with Crippen molar-refractivity contribution in [1.82, 2.24) is 4.90 Å². The van der Waals surface area contributed by atoms with Crippen LogP contribution in [0.15, 0.2) is 48.5 Å². The Balaban J connectivity index is 2.09. The quantitative estimate of drug-likeness (QED) is 0.851. The second kappa shape index (κ2) is 7.76. The molecular formula is C17H21FN2O. The van der Waals surface area contributed by atoms with Crippen LogP contribution in [0.2, 0.25) is 0 Å². The monoisotopic (exact) mass is 288 g/mol. The molecule has 2 aromatic rings. The van der Waals surface area contributed by atoms with Gasteiger partial charge in [-0.05, 0) is 11.6 Å². The fraction of sp³-hybridized carbons (Fsp3) is 0.294. The van der Waals surface area contributed by atoms with Gasteiger partial charge in [-0.15, -0.1) is 0 Å². The average molecular weight is 288 g/mol. The minimum absolute atomic E-state index is 0.246. The lowest BCUT2D eigenvalue weighted by Gasteiger charge is -2.22. The lowest BCUT2D eigenvalue weighted by Crippen LogP contribution is -2.29. The Kier molecular flexibility index (Phi) is 5.72. The van der Waals surface area contributed by atoms with E-state index in [0.29, 0.717) is 24.4 Å². The first-order valence-corrected chi connectivity index (χ1v) is 7.01. The number of nitrogens with zero attached hydrogens (tertiary/aromatic N) is 1. The molecule has 2 rings (SSSR count). The molecule has 0 saturated heterocycles. The molecule has 0 amide bonds. The molecule has 0 aliphatic rings. The molecule has 4 heteroatoms. The van der Waals surface area contributed by atoms with Gasteiger partial charge in [0, 0.05) is 37.8 Å². The van der Waals surface area contributed by atoms with Crippen molar-refractivity contribution in [1.29, 1.82) is 0 Å². The van der Waals surface area contributed by atoms with E-state index in [9.17, 15) is 4.39 Å². The highest BCUT2D eigenvalue weighted by Crippen LogP contribution is 2.18. The summed E-state index contributed by atoms with van der Waals surface area (Å²) in [6.45, 7) is 2.55. The van der Waals surface area contributed by atoms with E-state index in [1.165, 1.54) is 18.7 Å². The first-order chi connectivity index (χ1) is 10.2. The van der Waals surface area contributed by atoms with Crippen LogP contribution in [-0.2, 0) is 13.1 Å². The van der Waals surface area contributed by atoms with Crippen LogP contribution in [0, 0.1) is 5.82 Å². The Hall–Kier alpha value is -1.91. The summed E-state index contributed by atoms with van der Waals surface area (Å²) in [7, 11) is 1.53. The highest BCUT2D eigenvalue weighted by molar-refractivity contribution is 5.29. The molecule has 0 heterocycles. The van der Waals surface area contributed by atoms with Gasteiger partial charge in [0.25, 0.3) is 0 Å². The number of rotatable bonds is 7. The predicted molar refractivity (Wildman–Crippen MR) is 82.6 cm³/mol. The Labute approximate surface area is 125 Å². The van der Waals surface area contributed by atoms with Crippen molar-refractivity contribution in [2.45, 2.75) is 13.1 Å². The fourth-order valence-corrected chi connectivity index (χ4v) is 2.26. The molecule has 112 valence electrons. The first-order valence-electron chi connectivity index (χ1n) is 7.01. The van der Waals surface area contributed by atoms with Crippen molar-refractivity contribution in [2.24, 2.45) is 5.73 Å². The summed E-state index contributed by atoms with van der Waals surface area (Å²) in [6.07, 6.45) is 0. The minimum atomic E-state index is -0.246. The summed E-state index contributed by atoms with van der Waals surface area (Å²) in [4.78, 5) is 2.14. The summed E-state index contributed by atoms with van der Waals surface area (Å²) in [5.74, 6) is 0.286. The summed E-state index contributed by atoms with van der Waals surface area (Å²) in [6, 6.07) is 15.1. The zero-order valence-corrected chi connectivity index (χ0v) is 12.3. The van der Waals surface area contributed by atoms with Crippen molar-refractivity contribution < 1.29 is 9.13 Å². The number of ether oxygens (including phenoxy) is 1. The Morgan fingerprint density at radius 1 is 1.10 bits per heavy atom. The van der Waals surface area contributed by atoms with Crippen LogP contribution < -0.4 is 10.5 Å². The molecule has 2 N–H and O–H groups in total. The number of benzene rings is 2. The number of hydrogen-bond acceptors (Lipinski definition) is 3. The molecule has 2 aromatic carbocycles. The summed E-state index contributed by atoms with van der Waals surface area (Å²) in [5.41, 5.74) is 7.51. The largest absolute Gasteiger partial charge is 0.497 e. The number of nitrogens with two attached hydrogens (primary N) is 1. The molecule has 0 fully saturated rings. The van der Waals surface area contributed by atoms with Gasteiger partial charge < -0.3 is 10.5 Å². The zero-order chi connectivity index (χ0) is 15.1. The van der Waals surface area contributed by atoms with E-state index in [0.717, 1.165) is 13.1 Å².